The van der Waals surface area contributed by atoms with Crippen molar-refractivity contribution in [2.24, 2.45) is 5.92 Å². The number of likely N-dealkylation sites (tertiary alicyclic amines) is 1. The van der Waals surface area contributed by atoms with Crippen LogP contribution in [0.1, 0.15) is 42.9 Å². The zero-order valence-electron chi connectivity index (χ0n) is 18.0. The number of nitrogens with one attached hydrogen (secondary N) is 1. The maximum Gasteiger partial charge on any atom is 0.417 e. The molecule has 0 bridgehead atoms. The van der Waals surface area contributed by atoms with Gasteiger partial charge < -0.3 is 10.2 Å². The number of carbonyl (C=O) groups is 1. The van der Waals surface area contributed by atoms with Gasteiger partial charge in [0.2, 0.25) is 5.91 Å². The molecule has 1 N–H and O–H groups in total. The summed E-state index contributed by atoms with van der Waals surface area (Å²) in [6.07, 6.45) is 0.184. The molecule has 8 heteroatoms. The van der Waals surface area contributed by atoms with Crippen molar-refractivity contribution in [3.8, 4) is 0 Å². The van der Waals surface area contributed by atoms with Gasteiger partial charge >= 0.3 is 6.18 Å². The average Bonchev–Trinajstić information content (AvgIpc) is 3.34. The first-order valence-electron chi connectivity index (χ1n) is 11.3. The molecular weight excluding hydrogens is 417 g/mol. The van der Waals surface area contributed by atoms with E-state index in [0.29, 0.717) is 38.3 Å². The lowest BCUT2D eigenvalue weighted by molar-refractivity contribution is -0.137. The van der Waals surface area contributed by atoms with Gasteiger partial charge in [-0.1, -0.05) is 30.3 Å². The van der Waals surface area contributed by atoms with Gasteiger partial charge in [-0.3, -0.25) is 9.69 Å². The number of amides is 1. The van der Waals surface area contributed by atoms with E-state index < -0.39 is 11.7 Å². The molecule has 0 saturated carbocycles. The number of nitrogens with zero attached hydrogens (tertiary/aromatic N) is 3. The second kappa shape index (κ2) is 9.90. The monoisotopic (exact) mass is 446 g/mol. The van der Waals surface area contributed by atoms with Crippen LogP contribution in [-0.2, 0) is 11.0 Å². The third-order valence-electron chi connectivity index (χ3n) is 6.50. The number of carbonyl (C=O) groups excluding carboxylic acids is 1. The van der Waals surface area contributed by atoms with Gasteiger partial charge in [-0.05, 0) is 56.5 Å². The van der Waals surface area contributed by atoms with E-state index >= 15 is 0 Å². The first-order valence-corrected chi connectivity index (χ1v) is 11.3. The van der Waals surface area contributed by atoms with Crippen molar-refractivity contribution in [3.63, 3.8) is 0 Å². The molecule has 2 aliphatic rings. The summed E-state index contributed by atoms with van der Waals surface area (Å²) in [7, 11) is 0. The number of benzene rings is 1. The molecule has 5 nitrogen and oxygen atoms in total. The number of anilines is 1. The van der Waals surface area contributed by atoms with Crippen LogP contribution in [0.4, 0.5) is 19.0 Å². The Bertz CT molecular complexity index is 874. The van der Waals surface area contributed by atoms with Crippen molar-refractivity contribution in [2.75, 3.05) is 37.6 Å². The molecule has 2 aliphatic heterocycles. The van der Waals surface area contributed by atoms with Crippen LogP contribution < -0.4 is 10.2 Å². The Morgan fingerprint density at radius 3 is 2.31 bits per heavy atom. The van der Waals surface area contributed by atoms with Crippen LogP contribution in [0.5, 0.6) is 0 Å². The summed E-state index contributed by atoms with van der Waals surface area (Å²) >= 11 is 0. The van der Waals surface area contributed by atoms with Crippen molar-refractivity contribution < 1.29 is 18.0 Å². The zero-order chi connectivity index (χ0) is 22.6. The quantitative estimate of drug-likeness (QED) is 0.720. The lowest BCUT2D eigenvalue weighted by Crippen LogP contribution is -2.43. The van der Waals surface area contributed by atoms with E-state index in [2.05, 4.69) is 27.3 Å². The van der Waals surface area contributed by atoms with E-state index in [1.165, 1.54) is 24.5 Å². The van der Waals surface area contributed by atoms with Gasteiger partial charge in [-0.15, -0.1) is 0 Å². The number of rotatable bonds is 6. The van der Waals surface area contributed by atoms with Crippen LogP contribution in [0.3, 0.4) is 0 Å². The van der Waals surface area contributed by atoms with Gasteiger partial charge in [-0.25, -0.2) is 4.98 Å². The summed E-state index contributed by atoms with van der Waals surface area (Å²) in [5.41, 5.74) is 0.472. The van der Waals surface area contributed by atoms with Gasteiger partial charge in [0, 0.05) is 31.7 Å². The minimum absolute atomic E-state index is 0.0603. The first-order chi connectivity index (χ1) is 15.4. The molecular formula is C24H29F3N4O. The highest BCUT2D eigenvalue weighted by Crippen LogP contribution is 2.30. The highest BCUT2D eigenvalue weighted by atomic mass is 19.4. The van der Waals surface area contributed by atoms with Crippen LogP contribution in [0.25, 0.3) is 0 Å². The highest BCUT2D eigenvalue weighted by Gasteiger charge is 2.32. The molecule has 1 atom stereocenters. The summed E-state index contributed by atoms with van der Waals surface area (Å²) in [6.45, 7) is 3.89. The lowest BCUT2D eigenvalue weighted by Gasteiger charge is -2.33. The van der Waals surface area contributed by atoms with Crippen molar-refractivity contribution in [2.45, 2.75) is 37.9 Å². The summed E-state index contributed by atoms with van der Waals surface area (Å²) in [4.78, 5) is 21.2. The van der Waals surface area contributed by atoms with E-state index in [1.807, 2.05) is 23.1 Å². The number of alkyl halides is 3. The Kier molecular flexibility index (Phi) is 6.98. The van der Waals surface area contributed by atoms with Gasteiger partial charge in [0.15, 0.2) is 0 Å². The molecule has 32 heavy (non-hydrogen) atoms. The summed E-state index contributed by atoms with van der Waals surface area (Å²) < 4.78 is 38.2. The van der Waals surface area contributed by atoms with E-state index in [9.17, 15) is 18.0 Å². The summed E-state index contributed by atoms with van der Waals surface area (Å²) in [5.74, 6) is 0.496. The van der Waals surface area contributed by atoms with Crippen LogP contribution in [-0.4, -0.2) is 48.5 Å². The molecule has 1 amide bonds. The third-order valence-corrected chi connectivity index (χ3v) is 6.50. The van der Waals surface area contributed by atoms with Crippen LogP contribution in [0.2, 0.25) is 0 Å². The topological polar surface area (TPSA) is 48.5 Å². The Hall–Kier alpha value is -2.61. The Morgan fingerprint density at radius 1 is 1.03 bits per heavy atom. The Morgan fingerprint density at radius 2 is 1.72 bits per heavy atom. The largest absolute Gasteiger partial charge is 0.417 e. The van der Waals surface area contributed by atoms with E-state index in [-0.39, 0.29) is 17.9 Å². The molecule has 2 fully saturated rings. The van der Waals surface area contributed by atoms with Crippen molar-refractivity contribution >= 4 is 11.7 Å². The van der Waals surface area contributed by atoms with Crippen LogP contribution >= 0.6 is 0 Å². The highest BCUT2D eigenvalue weighted by molar-refractivity contribution is 5.79. The number of hydrogen-bond donors (Lipinski definition) is 1. The Balaban J connectivity index is 1.30. The molecule has 0 spiro atoms. The van der Waals surface area contributed by atoms with Crippen molar-refractivity contribution in [1.82, 2.24) is 15.2 Å². The zero-order valence-corrected chi connectivity index (χ0v) is 18.0. The van der Waals surface area contributed by atoms with Gasteiger partial charge in [0.05, 0.1) is 11.6 Å². The molecule has 4 rings (SSSR count). The predicted octanol–water partition coefficient (Wildman–Crippen LogP) is 4.27. The average molecular weight is 447 g/mol. The van der Waals surface area contributed by atoms with Crippen LogP contribution in [0.15, 0.2) is 48.7 Å². The normalized spacial score (nSPS) is 19.2. The minimum Gasteiger partial charge on any atom is -0.357 e. The lowest BCUT2D eigenvalue weighted by atomic mass is 9.95. The summed E-state index contributed by atoms with van der Waals surface area (Å²) in [5, 5.41) is 3.17. The SMILES string of the molecule is O=C(NC[C@@H](c1ccccc1)N1CCCC1)C1CCN(c2ccc(C(F)(F)F)cn2)CC1. The maximum atomic E-state index is 12.9. The minimum atomic E-state index is -4.39. The fraction of sp³-hybridized carbons (Fsp3) is 0.500. The number of halogens is 3. The number of hydrogen-bond acceptors (Lipinski definition) is 4. The molecule has 2 saturated heterocycles. The fourth-order valence-electron chi connectivity index (χ4n) is 4.64. The first kappa shape index (κ1) is 22.6. The Labute approximate surface area is 186 Å². The number of aromatic nitrogens is 1. The number of pyridine rings is 1. The summed E-state index contributed by atoms with van der Waals surface area (Å²) in [6, 6.07) is 12.9. The molecule has 172 valence electrons. The second-order valence-electron chi connectivity index (χ2n) is 8.58. The molecule has 0 unspecified atom stereocenters. The van der Waals surface area contributed by atoms with E-state index in [1.54, 1.807) is 0 Å². The number of piperidine rings is 1. The predicted molar refractivity (Wildman–Crippen MR) is 117 cm³/mol. The molecule has 2 aromatic rings. The van der Waals surface area contributed by atoms with Crippen molar-refractivity contribution in [1.29, 1.82) is 0 Å². The second-order valence-corrected chi connectivity index (χ2v) is 8.58. The van der Waals surface area contributed by atoms with E-state index in [0.717, 1.165) is 25.4 Å². The fourth-order valence-corrected chi connectivity index (χ4v) is 4.64. The van der Waals surface area contributed by atoms with Gasteiger partial charge in [0.25, 0.3) is 0 Å². The molecule has 3 heterocycles. The molecule has 1 aromatic heterocycles. The van der Waals surface area contributed by atoms with E-state index in [4.69, 9.17) is 0 Å². The third kappa shape index (κ3) is 5.41. The van der Waals surface area contributed by atoms with Crippen LogP contribution in [0, 0.1) is 5.92 Å². The molecule has 0 radical (unpaired) electrons. The molecule has 1 aromatic carbocycles. The smallest absolute Gasteiger partial charge is 0.357 e. The molecule has 0 aliphatic carbocycles. The van der Waals surface area contributed by atoms with Gasteiger partial charge in [0.1, 0.15) is 5.82 Å². The maximum absolute atomic E-state index is 12.9. The van der Waals surface area contributed by atoms with Gasteiger partial charge in [-0.2, -0.15) is 13.2 Å². The van der Waals surface area contributed by atoms with Crippen molar-refractivity contribution in [3.05, 3.63) is 59.8 Å². The standard InChI is InChI=1S/C24H29F3N4O/c25-24(26,27)20-8-9-22(28-16-20)31-14-10-19(11-15-31)23(32)29-17-21(30-12-4-5-13-30)18-6-2-1-3-7-18/h1-3,6-9,16,19,21H,4-5,10-15,17H2,(H,29,32)/t21-/m0/s1.